The van der Waals surface area contributed by atoms with Crippen molar-refractivity contribution in [2.75, 3.05) is 6.54 Å². The summed E-state index contributed by atoms with van der Waals surface area (Å²) in [6.45, 7) is 1.58. The fourth-order valence-electron chi connectivity index (χ4n) is 2.36. The lowest BCUT2D eigenvalue weighted by atomic mass is 9.98. The third-order valence-electron chi connectivity index (χ3n) is 3.91. The largest absolute Gasteiger partial charge is 0.479 e. The molecular weight excluding hydrogens is 394 g/mol. The summed E-state index contributed by atoms with van der Waals surface area (Å²) in [6, 6.07) is 10.6. The molecule has 0 aliphatic heterocycles. The Hall–Kier alpha value is -2.31. The summed E-state index contributed by atoms with van der Waals surface area (Å²) in [5, 5.41) is 3.16. The highest BCUT2D eigenvalue weighted by Crippen LogP contribution is 2.32. The number of nitrogens with one attached hydrogen (secondary N) is 1. The maximum absolute atomic E-state index is 13.0. The predicted molar refractivity (Wildman–Crippen MR) is 102 cm³/mol. The van der Waals surface area contributed by atoms with Crippen LogP contribution in [0.15, 0.2) is 42.5 Å². The van der Waals surface area contributed by atoms with E-state index in [9.17, 15) is 14.0 Å². The van der Waals surface area contributed by atoms with Gasteiger partial charge in [-0.2, -0.15) is 0 Å². The van der Waals surface area contributed by atoms with Crippen LogP contribution in [0.3, 0.4) is 0 Å². The molecule has 2 amide bonds. The van der Waals surface area contributed by atoms with Crippen molar-refractivity contribution in [2.24, 2.45) is 11.7 Å². The smallest absolute Gasteiger partial charge is 0.260 e. The van der Waals surface area contributed by atoms with Crippen molar-refractivity contribution >= 4 is 35.0 Å². The molecule has 2 aromatic carbocycles. The number of hydrogen-bond acceptors (Lipinski definition) is 3. The number of halogens is 3. The van der Waals surface area contributed by atoms with Crippen molar-refractivity contribution in [1.82, 2.24) is 5.32 Å². The van der Waals surface area contributed by atoms with Crippen LogP contribution in [-0.4, -0.2) is 24.5 Å². The molecule has 0 heterocycles. The summed E-state index contributed by atoms with van der Waals surface area (Å²) < 4.78 is 18.5. The van der Waals surface area contributed by atoms with E-state index in [1.165, 1.54) is 12.1 Å². The van der Waals surface area contributed by atoms with Gasteiger partial charge in [-0.25, -0.2) is 4.39 Å². The van der Waals surface area contributed by atoms with Crippen molar-refractivity contribution in [2.45, 2.75) is 19.4 Å². The number of ether oxygens (including phenoxy) is 1. The molecule has 0 bridgehead atoms. The van der Waals surface area contributed by atoms with E-state index < -0.39 is 23.8 Å². The molecule has 0 aliphatic rings. The summed E-state index contributed by atoms with van der Waals surface area (Å²) in [4.78, 5) is 23.9. The Kier molecular flexibility index (Phi) is 7.45. The van der Waals surface area contributed by atoms with E-state index in [2.05, 4.69) is 5.32 Å². The van der Waals surface area contributed by atoms with E-state index in [4.69, 9.17) is 33.7 Å². The van der Waals surface area contributed by atoms with Crippen molar-refractivity contribution < 1.29 is 18.7 Å². The van der Waals surface area contributed by atoms with E-state index in [1.54, 1.807) is 37.3 Å². The molecular formula is C19H19Cl2FN2O3. The summed E-state index contributed by atoms with van der Waals surface area (Å²) in [7, 11) is 0. The highest BCUT2D eigenvalue weighted by atomic mass is 35.5. The van der Waals surface area contributed by atoms with Gasteiger partial charge in [0.1, 0.15) is 16.6 Å². The SMILES string of the molecule is CC(Oc1cccc(Cl)c1Cl)C(=O)NCC(Cc1ccc(F)cc1)C(N)=O. The molecule has 0 aliphatic carbocycles. The average molecular weight is 413 g/mol. The molecule has 0 fully saturated rings. The molecule has 2 rings (SSSR count). The molecule has 2 unspecified atom stereocenters. The molecule has 3 N–H and O–H groups in total. The quantitative estimate of drug-likeness (QED) is 0.697. The Balaban J connectivity index is 1.93. The van der Waals surface area contributed by atoms with Gasteiger partial charge >= 0.3 is 0 Å². The van der Waals surface area contributed by atoms with Crippen LogP contribution < -0.4 is 15.8 Å². The Morgan fingerprint density at radius 3 is 2.48 bits per heavy atom. The predicted octanol–water partition coefficient (Wildman–Crippen LogP) is 3.36. The standard InChI is InChI=1S/C19H19Cl2FN2O3/c1-11(27-16-4-2-3-15(20)17(16)21)19(26)24-10-13(18(23)25)9-12-5-7-14(22)8-6-12/h2-8,11,13H,9-10H2,1H3,(H2,23,25)(H,24,26). The van der Waals surface area contributed by atoms with Crippen LogP contribution in [-0.2, 0) is 16.0 Å². The van der Waals surface area contributed by atoms with Gasteiger partial charge in [0.05, 0.1) is 10.9 Å². The maximum atomic E-state index is 13.0. The van der Waals surface area contributed by atoms with Gasteiger partial charge in [0.15, 0.2) is 6.10 Å². The molecule has 0 aromatic heterocycles. The van der Waals surface area contributed by atoms with Gasteiger partial charge in [0.25, 0.3) is 5.91 Å². The number of carbonyl (C=O) groups is 2. The minimum absolute atomic E-state index is 0.0303. The van der Waals surface area contributed by atoms with Gasteiger partial charge in [0, 0.05) is 6.54 Å². The first kappa shape index (κ1) is 21.0. The van der Waals surface area contributed by atoms with E-state index in [0.29, 0.717) is 5.02 Å². The van der Waals surface area contributed by atoms with Gasteiger partial charge in [0.2, 0.25) is 5.91 Å². The first-order chi connectivity index (χ1) is 12.8. The number of hydrogen-bond donors (Lipinski definition) is 2. The van der Waals surface area contributed by atoms with Gasteiger partial charge < -0.3 is 15.8 Å². The van der Waals surface area contributed by atoms with Crippen molar-refractivity contribution in [3.8, 4) is 5.75 Å². The average Bonchev–Trinajstić information content (AvgIpc) is 2.63. The summed E-state index contributed by atoms with van der Waals surface area (Å²) >= 11 is 11.9. The highest BCUT2D eigenvalue weighted by Gasteiger charge is 2.21. The number of benzene rings is 2. The van der Waals surface area contributed by atoms with E-state index in [1.807, 2.05) is 0 Å². The minimum atomic E-state index is -0.861. The lowest BCUT2D eigenvalue weighted by molar-refractivity contribution is -0.128. The van der Waals surface area contributed by atoms with Crippen molar-refractivity contribution in [1.29, 1.82) is 0 Å². The van der Waals surface area contributed by atoms with Crippen LogP contribution in [0.2, 0.25) is 10.0 Å². The third-order valence-corrected chi connectivity index (χ3v) is 4.71. The fraction of sp³-hybridized carbons (Fsp3) is 0.263. The van der Waals surface area contributed by atoms with E-state index in [0.717, 1.165) is 5.56 Å². The monoisotopic (exact) mass is 412 g/mol. The van der Waals surface area contributed by atoms with E-state index >= 15 is 0 Å². The van der Waals surface area contributed by atoms with Crippen LogP contribution in [0.5, 0.6) is 5.75 Å². The van der Waals surface area contributed by atoms with Crippen molar-refractivity contribution in [3.63, 3.8) is 0 Å². The number of amides is 2. The number of primary amides is 1. The van der Waals surface area contributed by atoms with Crippen LogP contribution in [0.25, 0.3) is 0 Å². The van der Waals surface area contributed by atoms with Crippen LogP contribution in [0.4, 0.5) is 4.39 Å². The van der Waals surface area contributed by atoms with Gasteiger partial charge in [-0.1, -0.05) is 41.4 Å². The van der Waals surface area contributed by atoms with Crippen LogP contribution in [0, 0.1) is 11.7 Å². The van der Waals surface area contributed by atoms with Gasteiger partial charge in [-0.3, -0.25) is 9.59 Å². The summed E-state index contributed by atoms with van der Waals surface area (Å²) in [6.07, 6.45) is -0.578. The molecule has 27 heavy (non-hydrogen) atoms. The topological polar surface area (TPSA) is 81.4 Å². The van der Waals surface area contributed by atoms with Crippen LogP contribution in [0.1, 0.15) is 12.5 Å². The highest BCUT2D eigenvalue weighted by molar-refractivity contribution is 6.42. The Labute approximate surface area is 166 Å². The molecule has 5 nitrogen and oxygen atoms in total. The lowest BCUT2D eigenvalue weighted by Crippen LogP contribution is -2.42. The molecule has 2 atom stereocenters. The molecule has 0 saturated heterocycles. The van der Waals surface area contributed by atoms with Crippen molar-refractivity contribution in [3.05, 3.63) is 63.9 Å². The molecule has 144 valence electrons. The third kappa shape index (κ3) is 6.12. The zero-order valence-corrected chi connectivity index (χ0v) is 16.1. The Morgan fingerprint density at radius 2 is 1.85 bits per heavy atom. The lowest BCUT2D eigenvalue weighted by Gasteiger charge is -2.18. The van der Waals surface area contributed by atoms with Gasteiger partial charge in [-0.15, -0.1) is 0 Å². The Bertz CT molecular complexity index is 815. The van der Waals surface area contributed by atoms with E-state index in [-0.39, 0.29) is 29.6 Å². The zero-order valence-electron chi connectivity index (χ0n) is 14.5. The minimum Gasteiger partial charge on any atom is -0.479 e. The maximum Gasteiger partial charge on any atom is 0.260 e. The number of carbonyl (C=O) groups excluding carboxylic acids is 2. The molecule has 2 aromatic rings. The first-order valence-corrected chi connectivity index (χ1v) is 8.95. The fourth-order valence-corrected chi connectivity index (χ4v) is 2.70. The summed E-state index contributed by atoms with van der Waals surface area (Å²) in [5.41, 5.74) is 6.15. The molecule has 0 radical (unpaired) electrons. The second kappa shape index (κ2) is 9.58. The normalized spacial score (nSPS) is 12.9. The first-order valence-electron chi connectivity index (χ1n) is 8.20. The van der Waals surface area contributed by atoms with Gasteiger partial charge in [-0.05, 0) is 43.2 Å². The second-order valence-corrected chi connectivity index (χ2v) is 6.77. The Morgan fingerprint density at radius 1 is 1.19 bits per heavy atom. The zero-order chi connectivity index (χ0) is 20.0. The molecule has 0 spiro atoms. The van der Waals surface area contributed by atoms with Crippen LogP contribution >= 0.6 is 23.2 Å². The second-order valence-electron chi connectivity index (χ2n) is 5.99. The molecule has 8 heteroatoms. The summed E-state index contributed by atoms with van der Waals surface area (Å²) in [5.74, 6) is -1.72. The number of rotatable bonds is 8. The number of nitrogens with two attached hydrogens (primary N) is 1. The molecule has 0 saturated carbocycles.